The number of ether oxygens (including phenoxy) is 1. The summed E-state index contributed by atoms with van der Waals surface area (Å²) in [6.07, 6.45) is 0. The lowest BCUT2D eigenvalue weighted by Gasteiger charge is -2.10. The van der Waals surface area contributed by atoms with Gasteiger partial charge in [0.25, 0.3) is 0 Å². The molecule has 1 N–H and O–H groups in total. The normalized spacial score (nSPS) is 10.5. The van der Waals surface area contributed by atoms with Gasteiger partial charge in [0.1, 0.15) is 0 Å². The second-order valence-electron chi connectivity index (χ2n) is 3.38. The van der Waals surface area contributed by atoms with Crippen LogP contribution in [0.1, 0.15) is 35.8 Å². The van der Waals surface area contributed by atoms with Crippen LogP contribution in [0.2, 0.25) is 0 Å². The average Bonchev–Trinajstić information content (AvgIpc) is 2.17. The van der Waals surface area contributed by atoms with Crippen molar-refractivity contribution in [1.29, 1.82) is 0 Å². The first-order valence-electron chi connectivity index (χ1n) is 4.45. The number of pyridine rings is 1. The van der Waals surface area contributed by atoms with Crippen LogP contribution in [0.5, 0.6) is 5.88 Å². The summed E-state index contributed by atoms with van der Waals surface area (Å²) in [6.45, 7) is 3.89. The van der Waals surface area contributed by atoms with Gasteiger partial charge in [0, 0.05) is 5.69 Å². The number of carboxylic acids is 1. The van der Waals surface area contributed by atoms with E-state index < -0.39 is 5.97 Å². The van der Waals surface area contributed by atoms with Crippen LogP contribution in [-0.4, -0.2) is 23.2 Å². The Morgan fingerprint density at radius 1 is 1.60 bits per heavy atom. The topological polar surface area (TPSA) is 59.4 Å². The number of carbonyl (C=O) groups is 1. The van der Waals surface area contributed by atoms with Gasteiger partial charge < -0.3 is 9.84 Å². The van der Waals surface area contributed by atoms with Gasteiger partial charge in [-0.2, -0.15) is 0 Å². The maximum atomic E-state index is 11.0. The lowest BCUT2D eigenvalue weighted by molar-refractivity contribution is 0.0695. The van der Waals surface area contributed by atoms with E-state index in [0.717, 1.165) is 0 Å². The van der Waals surface area contributed by atoms with Crippen LogP contribution in [-0.2, 0) is 0 Å². The number of methoxy groups -OCH3 is 1. The number of carboxylic acid groups (broad SMARTS) is 1. The maximum Gasteiger partial charge on any atom is 0.337 e. The van der Waals surface area contributed by atoms with Crippen molar-refractivity contribution < 1.29 is 14.6 Å². The van der Waals surface area contributed by atoms with E-state index in [1.54, 1.807) is 6.07 Å². The number of hydrogen-bond donors (Lipinski definition) is 1. The van der Waals surface area contributed by atoms with E-state index in [-0.39, 0.29) is 11.5 Å². The molecule has 0 atom stereocenters. The number of hydrogen-bond acceptors (Lipinski definition) is 3. The number of halogens is 1. The Labute approximate surface area is 96.4 Å². The van der Waals surface area contributed by atoms with Gasteiger partial charge in [0.05, 0.1) is 17.1 Å². The predicted octanol–water partition coefficient (Wildman–Crippen LogP) is 2.67. The molecular weight excluding hydrogens is 262 g/mol. The molecule has 0 spiro atoms. The summed E-state index contributed by atoms with van der Waals surface area (Å²) >= 11 is 3.16. The summed E-state index contributed by atoms with van der Waals surface area (Å²) in [7, 11) is 1.46. The molecule has 1 rings (SSSR count). The number of nitrogens with zero attached hydrogens (tertiary/aromatic N) is 1. The van der Waals surface area contributed by atoms with Gasteiger partial charge in [-0.25, -0.2) is 9.78 Å². The van der Waals surface area contributed by atoms with Gasteiger partial charge in [0.15, 0.2) is 0 Å². The third-order valence-electron chi connectivity index (χ3n) is 1.96. The van der Waals surface area contributed by atoms with E-state index in [2.05, 4.69) is 20.9 Å². The van der Waals surface area contributed by atoms with Gasteiger partial charge in [-0.15, -0.1) is 0 Å². The summed E-state index contributed by atoms with van der Waals surface area (Å²) in [5.41, 5.74) is 0.873. The molecule has 5 heteroatoms. The van der Waals surface area contributed by atoms with E-state index in [1.165, 1.54) is 7.11 Å². The number of aromatic nitrogens is 1. The van der Waals surface area contributed by atoms with E-state index in [4.69, 9.17) is 9.84 Å². The molecule has 0 radical (unpaired) electrons. The van der Waals surface area contributed by atoms with Crippen molar-refractivity contribution in [3.8, 4) is 5.88 Å². The predicted molar refractivity (Wildman–Crippen MR) is 59.5 cm³/mol. The first-order chi connectivity index (χ1) is 6.97. The third-order valence-corrected chi connectivity index (χ3v) is 2.73. The van der Waals surface area contributed by atoms with Crippen molar-refractivity contribution in [2.75, 3.05) is 7.11 Å². The van der Waals surface area contributed by atoms with Crippen LogP contribution >= 0.6 is 15.9 Å². The molecule has 1 aromatic rings. The minimum Gasteiger partial charge on any atom is -0.480 e. The molecular formula is C10H12BrNO3. The van der Waals surface area contributed by atoms with Gasteiger partial charge >= 0.3 is 5.97 Å². The molecule has 0 amide bonds. The average molecular weight is 274 g/mol. The molecule has 0 unspecified atom stereocenters. The Balaban J connectivity index is 3.38. The largest absolute Gasteiger partial charge is 0.480 e. The van der Waals surface area contributed by atoms with Gasteiger partial charge in [-0.3, -0.25) is 0 Å². The van der Waals surface area contributed by atoms with E-state index in [0.29, 0.717) is 16.0 Å². The first-order valence-corrected chi connectivity index (χ1v) is 5.24. The van der Waals surface area contributed by atoms with Crippen LogP contribution in [0.4, 0.5) is 0 Å². The van der Waals surface area contributed by atoms with Gasteiger partial charge in [-0.1, -0.05) is 13.8 Å². The molecule has 82 valence electrons. The van der Waals surface area contributed by atoms with Crippen LogP contribution < -0.4 is 4.74 Å². The molecule has 0 saturated carbocycles. The molecule has 0 aliphatic heterocycles. The second kappa shape index (κ2) is 4.61. The summed E-state index contributed by atoms with van der Waals surface area (Å²) in [5.74, 6) is -0.534. The Hall–Kier alpha value is -1.10. The molecule has 4 nitrogen and oxygen atoms in total. The van der Waals surface area contributed by atoms with Gasteiger partial charge in [0.2, 0.25) is 5.88 Å². The van der Waals surface area contributed by atoms with Crippen molar-refractivity contribution in [3.63, 3.8) is 0 Å². The van der Waals surface area contributed by atoms with Crippen molar-refractivity contribution in [2.24, 2.45) is 0 Å². The SMILES string of the molecule is COc1nc(C(C)C)cc(C(=O)O)c1Br. The Morgan fingerprint density at radius 2 is 2.20 bits per heavy atom. The summed E-state index contributed by atoms with van der Waals surface area (Å²) in [4.78, 5) is 15.2. The van der Waals surface area contributed by atoms with Crippen LogP contribution in [0, 0.1) is 0 Å². The van der Waals surface area contributed by atoms with E-state index in [1.807, 2.05) is 13.8 Å². The number of aromatic carboxylic acids is 1. The lowest BCUT2D eigenvalue weighted by atomic mass is 10.1. The summed E-state index contributed by atoms with van der Waals surface area (Å²) in [5, 5.41) is 8.98. The van der Waals surface area contributed by atoms with Crippen LogP contribution in [0.3, 0.4) is 0 Å². The molecule has 15 heavy (non-hydrogen) atoms. The van der Waals surface area contributed by atoms with Crippen molar-refractivity contribution in [1.82, 2.24) is 4.98 Å². The third kappa shape index (κ3) is 2.47. The maximum absolute atomic E-state index is 11.0. The van der Waals surface area contributed by atoms with E-state index in [9.17, 15) is 4.79 Å². The van der Waals surface area contributed by atoms with Crippen LogP contribution in [0.15, 0.2) is 10.5 Å². The minimum absolute atomic E-state index is 0.157. The molecule has 0 aliphatic carbocycles. The highest BCUT2D eigenvalue weighted by molar-refractivity contribution is 9.10. The monoisotopic (exact) mass is 273 g/mol. The smallest absolute Gasteiger partial charge is 0.337 e. The lowest BCUT2D eigenvalue weighted by Crippen LogP contribution is -2.05. The summed E-state index contributed by atoms with van der Waals surface area (Å²) in [6, 6.07) is 1.56. The molecule has 1 aromatic heterocycles. The first kappa shape index (κ1) is 12.0. The summed E-state index contributed by atoms with van der Waals surface area (Å²) < 4.78 is 5.38. The van der Waals surface area contributed by atoms with Crippen molar-refractivity contribution in [2.45, 2.75) is 19.8 Å². The fourth-order valence-corrected chi connectivity index (χ4v) is 1.65. The molecule has 0 bridgehead atoms. The standard InChI is InChI=1S/C10H12BrNO3/c1-5(2)7-4-6(10(13)14)8(11)9(12-7)15-3/h4-5H,1-3H3,(H,13,14). The fraction of sp³-hybridized carbons (Fsp3) is 0.400. The highest BCUT2D eigenvalue weighted by Gasteiger charge is 2.17. The zero-order valence-electron chi connectivity index (χ0n) is 8.74. The minimum atomic E-state index is -0.996. The highest BCUT2D eigenvalue weighted by Crippen LogP contribution is 2.29. The fourth-order valence-electron chi connectivity index (χ4n) is 1.11. The quantitative estimate of drug-likeness (QED) is 0.920. The Bertz CT molecular complexity index is 390. The van der Waals surface area contributed by atoms with Gasteiger partial charge in [-0.05, 0) is 27.9 Å². The molecule has 0 aromatic carbocycles. The molecule has 0 saturated heterocycles. The molecule has 1 heterocycles. The van der Waals surface area contributed by atoms with Crippen molar-refractivity contribution >= 4 is 21.9 Å². The molecule has 0 fully saturated rings. The van der Waals surface area contributed by atoms with Crippen molar-refractivity contribution in [3.05, 3.63) is 21.8 Å². The zero-order chi connectivity index (χ0) is 11.6. The van der Waals surface area contributed by atoms with Crippen LogP contribution in [0.25, 0.3) is 0 Å². The molecule has 0 aliphatic rings. The Morgan fingerprint density at radius 3 is 2.60 bits per heavy atom. The number of rotatable bonds is 3. The highest BCUT2D eigenvalue weighted by atomic mass is 79.9. The van der Waals surface area contributed by atoms with E-state index >= 15 is 0 Å². The zero-order valence-corrected chi connectivity index (χ0v) is 10.3. The Kier molecular flexibility index (Phi) is 3.68. The second-order valence-corrected chi connectivity index (χ2v) is 4.17.